The normalized spacial score (nSPS) is 17.4. The second kappa shape index (κ2) is 5.33. The van der Waals surface area contributed by atoms with Gasteiger partial charge in [-0.15, -0.1) is 11.3 Å². The molecule has 1 aromatic heterocycles. The van der Waals surface area contributed by atoms with E-state index in [1.54, 1.807) is 0 Å². The van der Waals surface area contributed by atoms with E-state index in [1.807, 2.05) is 19.9 Å². The molecular weight excluding hydrogens is 262 g/mol. The number of hydrogen-bond donors (Lipinski definition) is 2. The van der Waals surface area contributed by atoms with E-state index in [2.05, 4.69) is 5.32 Å². The summed E-state index contributed by atoms with van der Waals surface area (Å²) >= 11 is 1.45. The molecule has 2 rings (SSSR count). The zero-order valence-electron chi connectivity index (χ0n) is 11.3. The zero-order chi connectivity index (χ0) is 14.0. The van der Waals surface area contributed by atoms with Crippen LogP contribution >= 0.6 is 11.3 Å². The minimum absolute atomic E-state index is 0.159. The van der Waals surface area contributed by atoms with E-state index in [0.29, 0.717) is 17.7 Å². The SMILES string of the molecule is Cc1cc(C(=O)NCC2(C(=O)O)CCCC2)sc1C. The Hall–Kier alpha value is -1.36. The average molecular weight is 281 g/mol. The largest absolute Gasteiger partial charge is 0.481 e. The van der Waals surface area contributed by atoms with Crippen molar-refractivity contribution in [3.05, 3.63) is 21.4 Å². The third-order valence-electron chi connectivity index (χ3n) is 3.99. The van der Waals surface area contributed by atoms with Gasteiger partial charge in [-0.3, -0.25) is 9.59 Å². The van der Waals surface area contributed by atoms with Crippen molar-refractivity contribution in [1.29, 1.82) is 0 Å². The van der Waals surface area contributed by atoms with Crippen LogP contribution in [-0.2, 0) is 4.79 Å². The summed E-state index contributed by atoms with van der Waals surface area (Å²) in [5.41, 5.74) is 0.348. The molecule has 1 heterocycles. The predicted octanol–water partition coefficient (Wildman–Crippen LogP) is 2.74. The zero-order valence-corrected chi connectivity index (χ0v) is 12.1. The lowest BCUT2D eigenvalue weighted by Gasteiger charge is -2.23. The first-order chi connectivity index (χ1) is 8.94. The summed E-state index contributed by atoms with van der Waals surface area (Å²) in [6.45, 7) is 4.18. The van der Waals surface area contributed by atoms with E-state index in [1.165, 1.54) is 11.3 Å². The number of carbonyl (C=O) groups is 2. The second-order valence-electron chi connectivity index (χ2n) is 5.33. The van der Waals surface area contributed by atoms with Crippen molar-refractivity contribution >= 4 is 23.2 Å². The first kappa shape index (κ1) is 14.1. The smallest absolute Gasteiger partial charge is 0.311 e. The highest BCUT2D eigenvalue weighted by molar-refractivity contribution is 7.14. The van der Waals surface area contributed by atoms with Crippen molar-refractivity contribution in [1.82, 2.24) is 5.32 Å². The molecular formula is C14H19NO3S. The Morgan fingerprint density at radius 1 is 1.37 bits per heavy atom. The Morgan fingerprint density at radius 2 is 2.00 bits per heavy atom. The van der Waals surface area contributed by atoms with Crippen LogP contribution < -0.4 is 5.32 Å². The highest BCUT2D eigenvalue weighted by Gasteiger charge is 2.41. The summed E-state index contributed by atoms with van der Waals surface area (Å²) in [6, 6.07) is 1.86. The van der Waals surface area contributed by atoms with E-state index < -0.39 is 11.4 Å². The Labute approximate surface area is 116 Å². The monoisotopic (exact) mass is 281 g/mol. The maximum atomic E-state index is 12.0. The number of carboxylic acids is 1. The van der Waals surface area contributed by atoms with Gasteiger partial charge < -0.3 is 10.4 Å². The fourth-order valence-corrected chi connectivity index (χ4v) is 3.49. The molecule has 1 aromatic rings. The number of aliphatic carboxylic acids is 1. The number of amides is 1. The molecule has 19 heavy (non-hydrogen) atoms. The lowest BCUT2D eigenvalue weighted by atomic mass is 9.86. The van der Waals surface area contributed by atoms with Gasteiger partial charge >= 0.3 is 5.97 Å². The fraction of sp³-hybridized carbons (Fsp3) is 0.571. The van der Waals surface area contributed by atoms with Gasteiger partial charge in [0.1, 0.15) is 0 Å². The molecule has 0 unspecified atom stereocenters. The van der Waals surface area contributed by atoms with Gasteiger partial charge in [0, 0.05) is 11.4 Å². The number of rotatable bonds is 4. The molecule has 2 N–H and O–H groups in total. The molecule has 104 valence electrons. The maximum absolute atomic E-state index is 12.0. The summed E-state index contributed by atoms with van der Waals surface area (Å²) in [5.74, 6) is -0.947. The number of thiophene rings is 1. The van der Waals surface area contributed by atoms with Gasteiger partial charge in [0.05, 0.1) is 10.3 Å². The third kappa shape index (κ3) is 2.81. The molecule has 5 heteroatoms. The summed E-state index contributed by atoms with van der Waals surface area (Å²) in [6.07, 6.45) is 3.18. The van der Waals surface area contributed by atoms with Crippen molar-refractivity contribution in [2.24, 2.45) is 5.41 Å². The van der Waals surface area contributed by atoms with Gasteiger partial charge in [-0.05, 0) is 38.3 Å². The molecule has 0 saturated heterocycles. The number of nitrogens with one attached hydrogen (secondary N) is 1. The highest BCUT2D eigenvalue weighted by atomic mass is 32.1. The van der Waals surface area contributed by atoms with Crippen molar-refractivity contribution in [3.63, 3.8) is 0 Å². The molecule has 1 fully saturated rings. The fourth-order valence-electron chi connectivity index (χ4n) is 2.54. The van der Waals surface area contributed by atoms with Gasteiger partial charge in [-0.25, -0.2) is 0 Å². The van der Waals surface area contributed by atoms with Crippen LogP contribution in [0.5, 0.6) is 0 Å². The first-order valence-corrected chi connectivity index (χ1v) is 7.35. The molecule has 0 bridgehead atoms. The van der Waals surface area contributed by atoms with Gasteiger partial charge in [-0.1, -0.05) is 12.8 Å². The van der Waals surface area contributed by atoms with Crippen LogP contribution in [0.4, 0.5) is 0 Å². The lowest BCUT2D eigenvalue weighted by molar-refractivity contribution is -0.148. The Bertz CT molecular complexity index is 481. The minimum Gasteiger partial charge on any atom is -0.481 e. The Balaban J connectivity index is 2.01. The molecule has 0 atom stereocenters. The molecule has 0 aromatic carbocycles. The predicted molar refractivity (Wildman–Crippen MR) is 74.7 cm³/mol. The van der Waals surface area contributed by atoms with E-state index in [-0.39, 0.29) is 12.5 Å². The van der Waals surface area contributed by atoms with Gasteiger partial charge in [0.25, 0.3) is 5.91 Å². The number of carboxylic acid groups (broad SMARTS) is 1. The first-order valence-electron chi connectivity index (χ1n) is 6.53. The molecule has 1 amide bonds. The van der Waals surface area contributed by atoms with Crippen LogP contribution in [0.2, 0.25) is 0 Å². The summed E-state index contributed by atoms with van der Waals surface area (Å²) < 4.78 is 0. The van der Waals surface area contributed by atoms with Crippen molar-refractivity contribution in [3.8, 4) is 0 Å². The van der Waals surface area contributed by atoms with Crippen LogP contribution in [0.25, 0.3) is 0 Å². The number of hydrogen-bond acceptors (Lipinski definition) is 3. The highest BCUT2D eigenvalue weighted by Crippen LogP contribution is 2.37. The standard InChI is InChI=1S/C14H19NO3S/c1-9-7-11(19-10(9)2)12(16)15-8-14(13(17)18)5-3-4-6-14/h7H,3-6,8H2,1-2H3,(H,15,16)(H,17,18). The third-order valence-corrected chi connectivity index (χ3v) is 5.14. The molecule has 0 spiro atoms. The van der Waals surface area contributed by atoms with Crippen LogP contribution in [-0.4, -0.2) is 23.5 Å². The molecule has 1 aliphatic rings. The molecule has 0 aliphatic heterocycles. The second-order valence-corrected chi connectivity index (χ2v) is 6.58. The van der Waals surface area contributed by atoms with Gasteiger partial charge in [-0.2, -0.15) is 0 Å². The van der Waals surface area contributed by atoms with E-state index in [9.17, 15) is 14.7 Å². The minimum atomic E-state index is -0.788. The van der Waals surface area contributed by atoms with Gasteiger partial charge in [0.15, 0.2) is 0 Å². The molecule has 0 radical (unpaired) electrons. The topological polar surface area (TPSA) is 66.4 Å². The van der Waals surface area contributed by atoms with Crippen molar-refractivity contribution in [2.45, 2.75) is 39.5 Å². The summed E-state index contributed by atoms with van der Waals surface area (Å²) in [4.78, 5) is 25.2. The Kier molecular flexibility index (Phi) is 3.94. The van der Waals surface area contributed by atoms with Crippen molar-refractivity contribution < 1.29 is 14.7 Å². The van der Waals surface area contributed by atoms with Gasteiger partial charge in [0.2, 0.25) is 0 Å². The van der Waals surface area contributed by atoms with E-state index in [0.717, 1.165) is 23.3 Å². The molecule has 4 nitrogen and oxygen atoms in total. The number of aryl methyl sites for hydroxylation is 2. The number of carbonyl (C=O) groups excluding carboxylic acids is 1. The van der Waals surface area contributed by atoms with Crippen LogP contribution in [0.1, 0.15) is 45.8 Å². The summed E-state index contributed by atoms with van der Waals surface area (Å²) in [5, 5.41) is 12.1. The maximum Gasteiger partial charge on any atom is 0.311 e. The molecule has 1 saturated carbocycles. The lowest BCUT2D eigenvalue weighted by Crippen LogP contribution is -2.41. The van der Waals surface area contributed by atoms with Crippen LogP contribution in [0.15, 0.2) is 6.07 Å². The van der Waals surface area contributed by atoms with Crippen molar-refractivity contribution in [2.75, 3.05) is 6.54 Å². The van der Waals surface area contributed by atoms with Crippen LogP contribution in [0, 0.1) is 19.3 Å². The van der Waals surface area contributed by atoms with E-state index >= 15 is 0 Å². The Morgan fingerprint density at radius 3 is 2.47 bits per heavy atom. The van der Waals surface area contributed by atoms with E-state index in [4.69, 9.17) is 0 Å². The average Bonchev–Trinajstić information content (AvgIpc) is 2.95. The molecule has 1 aliphatic carbocycles. The summed E-state index contributed by atoms with van der Waals surface area (Å²) in [7, 11) is 0. The quantitative estimate of drug-likeness (QED) is 0.891. The van der Waals surface area contributed by atoms with Crippen LogP contribution in [0.3, 0.4) is 0 Å².